The van der Waals surface area contributed by atoms with Crippen LogP contribution in [-0.4, -0.2) is 9.97 Å². The van der Waals surface area contributed by atoms with Crippen molar-refractivity contribution in [3.05, 3.63) is 76.3 Å². The topological polar surface area (TPSA) is 28.7 Å². The van der Waals surface area contributed by atoms with E-state index in [2.05, 4.69) is 88.1 Å². The smallest absolute Gasteiger partial charge is 0.0974 e. The molecule has 2 aromatic heterocycles. The van der Waals surface area contributed by atoms with Gasteiger partial charge in [-0.1, -0.05) is 42.0 Å². The lowest BCUT2D eigenvalue weighted by molar-refractivity contribution is 1.39. The maximum absolute atomic E-state index is 5.15. The minimum atomic E-state index is 1.07. The molecule has 5 rings (SSSR count). The Hall–Kier alpha value is -3.13. The van der Waals surface area contributed by atoms with Gasteiger partial charge in [0.2, 0.25) is 0 Å². The molecular formula is C26H24N2. The molecule has 0 unspecified atom stereocenters. The third kappa shape index (κ3) is 2.45. The van der Waals surface area contributed by atoms with E-state index in [-0.39, 0.29) is 0 Å². The van der Waals surface area contributed by atoms with Crippen LogP contribution in [0.3, 0.4) is 0 Å². The quantitative estimate of drug-likeness (QED) is 0.338. The summed E-state index contributed by atoms with van der Waals surface area (Å²) in [7, 11) is 0. The molecule has 0 aliphatic carbocycles. The molecule has 0 aliphatic heterocycles. The van der Waals surface area contributed by atoms with Crippen molar-refractivity contribution in [2.24, 2.45) is 0 Å². The number of H-pyrrole nitrogens is 1. The minimum absolute atomic E-state index is 1.07. The van der Waals surface area contributed by atoms with Gasteiger partial charge >= 0.3 is 0 Å². The average Bonchev–Trinajstić information content (AvgIpc) is 2.98. The number of benzene rings is 3. The number of rotatable bonds is 1. The lowest BCUT2D eigenvalue weighted by Crippen LogP contribution is -1.92. The standard InChI is InChI=1S/C26H24N2/c1-14-6-8-19(9-7-14)24-22-17(4)10-15(2)12-20(22)27-25-23-18(5)11-16(3)13-21(23)28-26(24)25/h6-13,28H,1-5H3. The van der Waals surface area contributed by atoms with Crippen molar-refractivity contribution in [3.8, 4) is 11.1 Å². The Morgan fingerprint density at radius 3 is 2.04 bits per heavy atom. The zero-order chi connectivity index (χ0) is 19.6. The van der Waals surface area contributed by atoms with Gasteiger partial charge in [-0.05, 0) is 74.6 Å². The maximum atomic E-state index is 5.15. The molecule has 28 heavy (non-hydrogen) atoms. The molecule has 0 fully saturated rings. The zero-order valence-corrected chi connectivity index (χ0v) is 17.1. The van der Waals surface area contributed by atoms with Crippen LogP contribution in [0.5, 0.6) is 0 Å². The fourth-order valence-electron chi connectivity index (χ4n) is 4.61. The van der Waals surface area contributed by atoms with Gasteiger partial charge in [-0.3, -0.25) is 0 Å². The minimum Gasteiger partial charge on any atom is -0.353 e. The third-order valence-corrected chi connectivity index (χ3v) is 5.74. The van der Waals surface area contributed by atoms with E-state index < -0.39 is 0 Å². The van der Waals surface area contributed by atoms with E-state index in [1.54, 1.807) is 0 Å². The van der Waals surface area contributed by atoms with Crippen molar-refractivity contribution in [2.45, 2.75) is 34.6 Å². The normalized spacial score (nSPS) is 11.8. The van der Waals surface area contributed by atoms with Crippen molar-refractivity contribution in [1.29, 1.82) is 0 Å². The van der Waals surface area contributed by atoms with E-state index in [0.717, 1.165) is 22.1 Å². The lowest BCUT2D eigenvalue weighted by Gasteiger charge is -2.13. The molecule has 0 bridgehead atoms. The van der Waals surface area contributed by atoms with Gasteiger partial charge in [0.1, 0.15) is 0 Å². The van der Waals surface area contributed by atoms with Crippen LogP contribution in [0.25, 0.3) is 44.0 Å². The number of hydrogen-bond donors (Lipinski definition) is 1. The lowest BCUT2D eigenvalue weighted by atomic mass is 9.94. The fourth-order valence-corrected chi connectivity index (χ4v) is 4.61. The Morgan fingerprint density at radius 1 is 0.679 bits per heavy atom. The van der Waals surface area contributed by atoms with Crippen LogP contribution in [0.15, 0.2) is 48.5 Å². The molecule has 0 radical (unpaired) electrons. The van der Waals surface area contributed by atoms with E-state index in [9.17, 15) is 0 Å². The van der Waals surface area contributed by atoms with E-state index in [4.69, 9.17) is 4.98 Å². The number of nitrogens with one attached hydrogen (secondary N) is 1. The first-order valence-corrected chi connectivity index (χ1v) is 9.83. The predicted molar refractivity (Wildman–Crippen MR) is 120 cm³/mol. The van der Waals surface area contributed by atoms with Gasteiger partial charge in [0, 0.05) is 21.9 Å². The monoisotopic (exact) mass is 364 g/mol. The number of aromatic amines is 1. The highest BCUT2D eigenvalue weighted by atomic mass is 14.8. The first-order chi connectivity index (χ1) is 13.4. The van der Waals surface area contributed by atoms with E-state index in [1.807, 2.05) is 0 Å². The highest BCUT2D eigenvalue weighted by molar-refractivity contribution is 6.18. The van der Waals surface area contributed by atoms with Gasteiger partial charge in [0.05, 0.1) is 16.6 Å². The van der Waals surface area contributed by atoms with Gasteiger partial charge in [0.15, 0.2) is 0 Å². The molecule has 0 atom stereocenters. The zero-order valence-electron chi connectivity index (χ0n) is 17.1. The van der Waals surface area contributed by atoms with Crippen molar-refractivity contribution >= 4 is 32.8 Å². The summed E-state index contributed by atoms with van der Waals surface area (Å²) in [5.41, 5.74) is 13.3. The summed E-state index contributed by atoms with van der Waals surface area (Å²) in [6.45, 7) is 10.8. The predicted octanol–water partition coefficient (Wildman–Crippen LogP) is 7.08. The molecule has 0 amide bonds. The first kappa shape index (κ1) is 17.0. The van der Waals surface area contributed by atoms with Gasteiger partial charge in [-0.25, -0.2) is 4.98 Å². The van der Waals surface area contributed by atoms with Crippen LogP contribution >= 0.6 is 0 Å². The summed E-state index contributed by atoms with van der Waals surface area (Å²) in [5, 5.41) is 2.47. The SMILES string of the molecule is Cc1ccc(-c2c3[nH]c4cc(C)cc(C)c4c3nc3cc(C)cc(C)c23)cc1. The summed E-state index contributed by atoms with van der Waals surface area (Å²) >= 11 is 0. The number of aryl methyl sites for hydroxylation is 5. The van der Waals surface area contributed by atoms with Gasteiger partial charge in [-0.2, -0.15) is 0 Å². The highest BCUT2D eigenvalue weighted by Crippen LogP contribution is 2.40. The fraction of sp³-hybridized carbons (Fsp3) is 0.192. The molecule has 138 valence electrons. The molecule has 5 aromatic rings. The van der Waals surface area contributed by atoms with Crippen molar-refractivity contribution in [3.63, 3.8) is 0 Å². The molecule has 0 saturated carbocycles. The summed E-state index contributed by atoms with van der Waals surface area (Å²) < 4.78 is 0. The van der Waals surface area contributed by atoms with E-state index in [1.165, 1.54) is 49.7 Å². The van der Waals surface area contributed by atoms with Crippen LogP contribution in [0.2, 0.25) is 0 Å². The maximum Gasteiger partial charge on any atom is 0.0974 e. The highest BCUT2D eigenvalue weighted by Gasteiger charge is 2.18. The summed E-state index contributed by atoms with van der Waals surface area (Å²) in [6.07, 6.45) is 0. The number of pyridine rings is 1. The van der Waals surface area contributed by atoms with E-state index in [0.29, 0.717) is 0 Å². The van der Waals surface area contributed by atoms with Crippen LogP contribution in [-0.2, 0) is 0 Å². The Morgan fingerprint density at radius 2 is 1.32 bits per heavy atom. The molecular weight excluding hydrogens is 340 g/mol. The molecule has 2 heteroatoms. The molecule has 2 heterocycles. The average molecular weight is 364 g/mol. The summed E-state index contributed by atoms with van der Waals surface area (Å²) in [4.78, 5) is 8.86. The summed E-state index contributed by atoms with van der Waals surface area (Å²) in [5.74, 6) is 0. The molecule has 0 saturated heterocycles. The van der Waals surface area contributed by atoms with Crippen LogP contribution in [0.4, 0.5) is 0 Å². The Bertz CT molecular complexity index is 1390. The van der Waals surface area contributed by atoms with Crippen LogP contribution in [0, 0.1) is 34.6 Å². The number of nitrogens with zero attached hydrogens (tertiary/aromatic N) is 1. The van der Waals surface area contributed by atoms with Crippen molar-refractivity contribution in [2.75, 3.05) is 0 Å². The van der Waals surface area contributed by atoms with Crippen LogP contribution in [0.1, 0.15) is 27.8 Å². The van der Waals surface area contributed by atoms with Crippen molar-refractivity contribution < 1.29 is 0 Å². The Labute approximate surface area is 165 Å². The molecule has 1 N–H and O–H groups in total. The second kappa shape index (κ2) is 5.93. The molecule has 2 nitrogen and oxygen atoms in total. The second-order valence-corrected chi connectivity index (χ2v) is 8.18. The van der Waals surface area contributed by atoms with Gasteiger partial charge in [-0.15, -0.1) is 0 Å². The van der Waals surface area contributed by atoms with Crippen molar-refractivity contribution in [1.82, 2.24) is 9.97 Å². The summed E-state index contributed by atoms with van der Waals surface area (Å²) in [6, 6.07) is 17.8. The Balaban J connectivity index is 2.06. The number of hydrogen-bond acceptors (Lipinski definition) is 1. The Kier molecular flexibility index (Phi) is 3.60. The van der Waals surface area contributed by atoms with Gasteiger partial charge in [0.25, 0.3) is 0 Å². The molecule has 3 aromatic carbocycles. The first-order valence-electron chi connectivity index (χ1n) is 9.83. The molecule has 0 aliphatic rings. The largest absolute Gasteiger partial charge is 0.353 e. The van der Waals surface area contributed by atoms with Gasteiger partial charge < -0.3 is 4.98 Å². The number of fused-ring (bicyclic) bond motifs is 4. The molecule has 0 spiro atoms. The van der Waals surface area contributed by atoms with E-state index >= 15 is 0 Å². The van der Waals surface area contributed by atoms with Crippen LogP contribution < -0.4 is 0 Å². The number of aromatic nitrogens is 2. The second-order valence-electron chi connectivity index (χ2n) is 8.18. The third-order valence-electron chi connectivity index (χ3n) is 5.74.